The molecule has 1 aromatic carbocycles. The van der Waals surface area contributed by atoms with Crippen LogP contribution >= 0.6 is 0 Å². The summed E-state index contributed by atoms with van der Waals surface area (Å²) in [5.74, 6) is -1.25. The van der Waals surface area contributed by atoms with Gasteiger partial charge < -0.3 is 30.7 Å². The fourth-order valence-electron chi connectivity index (χ4n) is 4.36. The zero-order valence-electron chi connectivity index (χ0n) is 17.5. The Morgan fingerprint density at radius 2 is 1.97 bits per heavy atom. The minimum absolute atomic E-state index is 0.0205. The van der Waals surface area contributed by atoms with Crippen molar-refractivity contribution in [3.05, 3.63) is 29.3 Å². The number of aromatic carboxylic acids is 1. The first-order valence-electron chi connectivity index (χ1n) is 10.9. The highest BCUT2D eigenvalue weighted by Crippen LogP contribution is 2.31. The van der Waals surface area contributed by atoms with Crippen LogP contribution in [0.5, 0.6) is 5.75 Å². The number of rotatable bonds is 9. The van der Waals surface area contributed by atoms with Crippen molar-refractivity contribution in [1.29, 1.82) is 0 Å². The summed E-state index contributed by atoms with van der Waals surface area (Å²) in [5, 5.41) is 29.3. The molecule has 8 nitrogen and oxygen atoms in total. The van der Waals surface area contributed by atoms with Crippen LogP contribution in [0.3, 0.4) is 0 Å². The zero-order valence-corrected chi connectivity index (χ0v) is 17.5. The lowest BCUT2D eigenvalue weighted by atomic mass is 9.72. The van der Waals surface area contributed by atoms with Gasteiger partial charge in [0.1, 0.15) is 5.75 Å². The summed E-state index contributed by atoms with van der Waals surface area (Å²) in [4.78, 5) is 23.9. The maximum Gasteiger partial charge on any atom is 0.547 e. The first-order valence-corrected chi connectivity index (χ1v) is 10.9. The number of carboxylic acid groups (broad SMARTS) is 1. The lowest BCUT2D eigenvalue weighted by molar-refractivity contribution is -0.122. The summed E-state index contributed by atoms with van der Waals surface area (Å²) in [6.45, 7) is 5.02. The molecule has 1 heterocycles. The number of carboxylic acids is 1. The van der Waals surface area contributed by atoms with Gasteiger partial charge in [0.25, 0.3) is 0 Å². The van der Waals surface area contributed by atoms with Crippen LogP contribution in [0, 0.1) is 5.92 Å². The first kappa shape index (κ1) is 22.6. The van der Waals surface area contributed by atoms with Crippen molar-refractivity contribution in [1.82, 2.24) is 16.0 Å². The Morgan fingerprint density at radius 3 is 2.67 bits per heavy atom. The molecule has 0 saturated heterocycles. The number of hydrogen-bond acceptors (Lipinski definition) is 6. The van der Waals surface area contributed by atoms with Gasteiger partial charge in [-0.25, -0.2) is 4.79 Å². The molecular formula is C21H32BN3O5. The Balaban J connectivity index is 1.45. The molecular weight excluding hydrogens is 385 g/mol. The maximum absolute atomic E-state index is 12.5. The van der Waals surface area contributed by atoms with E-state index >= 15 is 0 Å². The molecule has 1 aliphatic carbocycles. The van der Waals surface area contributed by atoms with Gasteiger partial charge in [-0.1, -0.05) is 19.1 Å². The van der Waals surface area contributed by atoms with E-state index in [1.807, 2.05) is 0 Å². The van der Waals surface area contributed by atoms with E-state index in [-0.39, 0.29) is 17.2 Å². The van der Waals surface area contributed by atoms with E-state index in [1.165, 1.54) is 6.07 Å². The van der Waals surface area contributed by atoms with Crippen molar-refractivity contribution in [3.8, 4) is 5.75 Å². The van der Waals surface area contributed by atoms with Gasteiger partial charge in [0.15, 0.2) is 0 Å². The Labute approximate surface area is 177 Å². The standard InChI is InChI=1S/C21H32BN3O5/c1-2-23-10-11-24-16-8-6-14(7-9-16)12-19(26)25-18-13-15-4-3-5-17(21(27)28)20(15)30-22(18)29/h3-5,14,16,18,23-24,29H,2,6-13H2,1H3,(H,25,26)(H,27,28). The lowest BCUT2D eigenvalue weighted by Crippen LogP contribution is -2.53. The van der Waals surface area contributed by atoms with E-state index in [1.54, 1.807) is 12.1 Å². The molecule has 0 bridgehead atoms. The van der Waals surface area contributed by atoms with Gasteiger partial charge in [0.05, 0.1) is 11.5 Å². The second-order valence-electron chi connectivity index (χ2n) is 8.21. The van der Waals surface area contributed by atoms with Crippen molar-refractivity contribution in [2.45, 2.75) is 57.4 Å². The van der Waals surface area contributed by atoms with Gasteiger partial charge in [-0.2, -0.15) is 0 Å². The second kappa shape index (κ2) is 10.8. The van der Waals surface area contributed by atoms with Crippen LogP contribution in [-0.2, 0) is 11.2 Å². The molecule has 1 fully saturated rings. The van der Waals surface area contributed by atoms with E-state index in [9.17, 15) is 19.7 Å². The molecule has 9 heteroatoms. The molecule has 1 aliphatic heterocycles. The first-order chi connectivity index (χ1) is 14.5. The number of carbonyl (C=O) groups excluding carboxylic acids is 1. The highest BCUT2D eigenvalue weighted by molar-refractivity contribution is 6.47. The summed E-state index contributed by atoms with van der Waals surface area (Å²) in [7, 11) is -1.27. The summed E-state index contributed by atoms with van der Waals surface area (Å²) in [5.41, 5.74) is 0.696. The van der Waals surface area contributed by atoms with E-state index < -0.39 is 19.0 Å². The number of carbonyl (C=O) groups is 2. The monoisotopic (exact) mass is 417 g/mol. The van der Waals surface area contributed by atoms with Crippen molar-refractivity contribution in [2.75, 3.05) is 19.6 Å². The SMILES string of the molecule is CCNCCNC1CCC(CC(=O)NC2Cc3cccc(C(=O)O)c3OB2O)CC1. The summed E-state index contributed by atoms with van der Waals surface area (Å²) in [6, 6.07) is 5.37. The van der Waals surface area contributed by atoms with Crippen molar-refractivity contribution >= 4 is 19.0 Å². The average Bonchev–Trinajstić information content (AvgIpc) is 2.72. The van der Waals surface area contributed by atoms with Crippen molar-refractivity contribution in [2.24, 2.45) is 5.92 Å². The van der Waals surface area contributed by atoms with Crippen LogP contribution in [0.4, 0.5) is 0 Å². The second-order valence-corrected chi connectivity index (χ2v) is 8.21. The summed E-state index contributed by atoms with van der Waals surface area (Å²) in [6.07, 6.45) is 4.96. The third-order valence-corrected chi connectivity index (χ3v) is 6.00. The van der Waals surface area contributed by atoms with Crippen LogP contribution in [-0.4, -0.2) is 60.7 Å². The van der Waals surface area contributed by atoms with Crippen LogP contribution < -0.4 is 20.6 Å². The van der Waals surface area contributed by atoms with Gasteiger partial charge in [-0.05, 0) is 56.2 Å². The fourth-order valence-corrected chi connectivity index (χ4v) is 4.36. The van der Waals surface area contributed by atoms with Gasteiger partial charge in [0, 0.05) is 25.6 Å². The van der Waals surface area contributed by atoms with E-state index in [0.717, 1.165) is 45.3 Å². The number of benzene rings is 1. The number of amides is 1. The van der Waals surface area contributed by atoms with Crippen LogP contribution in [0.15, 0.2) is 18.2 Å². The Bertz CT molecular complexity index is 739. The van der Waals surface area contributed by atoms with E-state index in [2.05, 4.69) is 22.9 Å². The fraction of sp³-hybridized carbons (Fsp3) is 0.619. The van der Waals surface area contributed by atoms with Gasteiger partial charge >= 0.3 is 13.1 Å². The smallest absolute Gasteiger partial charge is 0.534 e. The molecule has 1 amide bonds. The molecule has 2 aliphatic rings. The number of para-hydroxylation sites is 1. The van der Waals surface area contributed by atoms with Crippen molar-refractivity contribution < 1.29 is 24.4 Å². The van der Waals surface area contributed by atoms with E-state index in [4.69, 9.17) is 4.65 Å². The normalized spacial score (nSPS) is 23.4. The molecule has 1 aromatic rings. The molecule has 5 N–H and O–H groups in total. The Morgan fingerprint density at radius 1 is 1.20 bits per heavy atom. The number of likely N-dealkylation sites (N-methyl/N-ethyl adjacent to an activating group) is 1. The lowest BCUT2D eigenvalue weighted by Gasteiger charge is -2.31. The molecule has 164 valence electrons. The zero-order chi connectivity index (χ0) is 21.5. The van der Waals surface area contributed by atoms with Crippen LogP contribution in [0.1, 0.15) is 54.9 Å². The van der Waals surface area contributed by atoms with Gasteiger partial charge in [-0.15, -0.1) is 0 Å². The average molecular weight is 417 g/mol. The highest BCUT2D eigenvalue weighted by atomic mass is 16.5. The van der Waals surface area contributed by atoms with Gasteiger partial charge in [0.2, 0.25) is 5.91 Å². The minimum Gasteiger partial charge on any atom is -0.534 e. The Kier molecular flexibility index (Phi) is 8.12. The molecule has 1 unspecified atom stereocenters. The highest BCUT2D eigenvalue weighted by Gasteiger charge is 2.38. The largest absolute Gasteiger partial charge is 0.547 e. The molecule has 1 atom stereocenters. The number of nitrogens with one attached hydrogen (secondary N) is 3. The van der Waals surface area contributed by atoms with Gasteiger partial charge in [-0.3, -0.25) is 4.79 Å². The maximum atomic E-state index is 12.5. The van der Waals surface area contributed by atoms with Crippen LogP contribution in [0.25, 0.3) is 0 Å². The summed E-state index contributed by atoms with van der Waals surface area (Å²) >= 11 is 0. The topological polar surface area (TPSA) is 120 Å². The third kappa shape index (κ3) is 5.96. The predicted octanol–water partition coefficient (Wildman–Crippen LogP) is 0.972. The minimum atomic E-state index is -1.27. The van der Waals surface area contributed by atoms with Crippen molar-refractivity contribution in [3.63, 3.8) is 0 Å². The van der Waals surface area contributed by atoms with E-state index in [0.29, 0.717) is 30.4 Å². The molecule has 0 radical (unpaired) electrons. The molecule has 1 saturated carbocycles. The molecule has 30 heavy (non-hydrogen) atoms. The van der Waals surface area contributed by atoms with Crippen LogP contribution in [0.2, 0.25) is 0 Å². The molecule has 3 rings (SSSR count). The Hall–Kier alpha value is -2.10. The molecule has 0 spiro atoms. The third-order valence-electron chi connectivity index (χ3n) is 6.00. The number of fused-ring (bicyclic) bond motifs is 1. The quantitative estimate of drug-likeness (QED) is 0.300. The molecule has 0 aromatic heterocycles. The summed E-state index contributed by atoms with van der Waals surface area (Å²) < 4.78 is 5.44. The predicted molar refractivity (Wildman–Crippen MR) is 115 cm³/mol. The number of hydrogen-bond donors (Lipinski definition) is 5.